The van der Waals surface area contributed by atoms with Gasteiger partial charge >= 0.3 is 185 Å². The summed E-state index contributed by atoms with van der Waals surface area (Å²) in [6.07, 6.45) is 1.58. The Morgan fingerprint density at radius 3 is 2.11 bits per heavy atom. The van der Waals surface area contributed by atoms with Gasteiger partial charge in [-0.1, -0.05) is 43.7 Å². The summed E-state index contributed by atoms with van der Waals surface area (Å²) < 4.78 is 22.1. The molecule has 0 radical (unpaired) electrons. The number of benzene rings is 2. The first-order valence-corrected chi connectivity index (χ1v) is 16.7. The molecule has 14 heteroatoms. The quantitative estimate of drug-likeness (QED) is 0.0880. The van der Waals surface area contributed by atoms with Gasteiger partial charge in [-0.25, -0.2) is 4.79 Å². The zero-order chi connectivity index (χ0) is 32.9. The second-order valence-corrected chi connectivity index (χ2v) is 13.4. The van der Waals surface area contributed by atoms with Crippen molar-refractivity contribution in [3.63, 3.8) is 0 Å². The molecule has 0 aliphatic rings. The van der Waals surface area contributed by atoms with Crippen molar-refractivity contribution < 1.29 is 44.8 Å². The zero-order valence-electron chi connectivity index (χ0n) is 25.0. The van der Waals surface area contributed by atoms with E-state index in [0.717, 1.165) is 30.5 Å². The first-order chi connectivity index (χ1) is 20.7. The van der Waals surface area contributed by atoms with E-state index in [9.17, 15) is 31.9 Å². The Kier molecular flexibility index (Phi) is 14.3. The average Bonchev–Trinajstić information content (AvgIpc) is 2.94. The second-order valence-electron chi connectivity index (χ2n) is 10.8. The molecule has 44 heavy (non-hydrogen) atoms. The van der Waals surface area contributed by atoms with E-state index in [4.69, 9.17) is 12.9 Å². The van der Waals surface area contributed by atoms with E-state index in [2.05, 4.69) is 16.0 Å². The molecule has 12 nitrogen and oxygen atoms in total. The summed E-state index contributed by atoms with van der Waals surface area (Å²) in [7, 11) is 0. The molecule has 0 aliphatic heterocycles. The van der Waals surface area contributed by atoms with Gasteiger partial charge in [0.15, 0.2) is 0 Å². The molecule has 0 spiro atoms. The minimum absolute atomic E-state index is 0.0876. The maximum absolute atomic E-state index is 13.8. The molecule has 0 aliphatic carbocycles. The molecular weight excluding hydrogens is 692 g/mol. The smallest absolute Gasteiger partial charge is 0.444 e. The van der Waals surface area contributed by atoms with Crippen LogP contribution in [0.15, 0.2) is 48.5 Å². The molecule has 5 N–H and O–H groups in total. The van der Waals surface area contributed by atoms with E-state index < -0.39 is 77.7 Å². The molecule has 0 saturated heterocycles. The van der Waals surface area contributed by atoms with Gasteiger partial charge in [0, 0.05) is 0 Å². The van der Waals surface area contributed by atoms with Gasteiger partial charge in [0.25, 0.3) is 0 Å². The van der Waals surface area contributed by atoms with Crippen molar-refractivity contribution in [1.82, 2.24) is 16.0 Å². The fourth-order valence-electron chi connectivity index (χ4n) is 3.98. The Morgan fingerprint density at radius 2 is 1.52 bits per heavy atom. The van der Waals surface area contributed by atoms with Crippen LogP contribution in [0.4, 0.5) is 12.4 Å². The first-order valence-electron chi connectivity index (χ1n) is 14.0. The number of hydrogen-bond acceptors (Lipinski definition) is 7. The van der Waals surface area contributed by atoms with Crippen molar-refractivity contribution in [3.05, 3.63) is 65.2 Å². The second kappa shape index (κ2) is 17.4. The molecule has 2 rings (SSSR count). The zero-order valence-corrected chi connectivity index (χ0v) is 27.2. The summed E-state index contributed by atoms with van der Waals surface area (Å²) in [5.74, 6) is -3.16. The summed E-state index contributed by atoms with van der Waals surface area (Å²) in [6.45, 7) is 7.38. The van der Waals surface area contributed by atoms with Gasteiger partial charge in [0.1, 0.15) is 5.60 Å². The molecule has 242 valence electrons. The number of carbonyl (C=O) groups is 5. The van der Waals surface area contributed by atoms with Crippen LogP contribution < -0.4 is 19.0 Å². The number of carbonyl (C=O) groups excluding carboxylic acids is 3. The molecule has 2 aromatic carbocycles. The van der Waals surface area contributed by atoms with E-state index in [1.807, 2.05) is 6.92 Å². The number of aromatic carboxylic acids is 1. The third-order valence-electron chi connectivity index (χ3n) is 5.99. The molecule has 2 aromatic rings. The number of ether oxygens (including phenoxy) is 1. The summed E-state index contributed by atoms with van der Waals surface area (Å²) in [6, 6.07) is 10.2. The number of hydrogen-bond donors (Lipinski definition) is 5. The third kappa shape index (κ3) is 12.7. The van der Waals surface area contributed by atoms with Gasteiger partial charge in [-0.15, -0.1) is 0 Å². The maximum atomic E-state index is 13.8. The number of amides is 3. The Labute approximate surface area is 263 Å². The van der Waals surface area contributed by atoms with Crippen molar-refractivity contribution in [2.45, 2.75) is 77.5 Å². The number of halogens is 2. The van der Waals surface area contributed by atoms with Crippen molar-refractivity contribution in [2.75, 3.05) is 6.54 Å². The van der Waals surface area contributed by atoms with Crippen LogP contribution in [0.25, 0.3) is 0 Å². The van der Waals surface area contributed by atoms with Crippen molar-refractivity contribution >= 4 is 48.7 Å². The molecule has 3 amide bonds. The van der Waals surface area contributed by atoms with Crippen molar-refractivity contribution in [1.29, 1.82) is 0 Å². The minimum Gasteiger partial charge on any atom is -0.444 e. The normalized spacial score (nSPS) is 12.7. The molecule has 0 fully saturated rings. The Hall–Kier alpha value is -3.95. The number of alkyl carbamates (subject to hydrolysis) is 1. The van der Waals surface area contributed by atoms with Crippen LogP contribution in [0.5, 0.6) is 5.75 Å². The third-order valence-corrected chi connectivity index (χ3v) is 7.58. The number of nitrogens with one attached hydrogen (secondary N) is 3. The molecule has 0 unspecified atom stereocenters. The summed E-state index contributed by atoms with van der Waals surface area (Å²) in [5, 5.41) is 26.5. The van der Waals surface area contributed by atoms with Gasteiger partial charge in [0.2, 0.25) is 0 Å². The van der Waals surface area contributed by atoms with E-state index in [1.54, 1.807) is 51.1 Å². The summed E-state index contributed by atoms with van der Waals surface area (Å²) >= 11 is -4.44. The fourth-order valence-corrected chi connectivity index (χ4v) is 4.97. The first kappa shape index (κ1) is 36.2. The van der Waals surface area contributed by atoms with E-state index in [-0.39, 0.29) is 18.4 Å². The Morgan fingerprint density at radius 1 is 0.886 bits per heavy atom. The molecular formula is C30H39FIN3O9. The van der Waals surface area contributed by atoms with E-state index >= 15 is 0 Å². The van der Waals surface area contributed by atoms with Gasteiger partial charge < -0.3 is 4.74 Å². The van der Waals surface area contributed by atoms with Gasteiger partial charge in [0.05, 0.1) is 0 Å². The molecule has 2 atom stereocenters. The van der Waals surface area contributed by atoms with Gasteiger partial charge in [-0.05, 0) is 20.8 Å². The Balaban J connectivity index is 2.36. The topological polar surface area (TPSA) is 180 Å². The van der Waals surface area contributed by atoms with Crippen molar-refractivity contribution in [3.8, 4) is 5.75 Å². The number of rotatable bonds is 16. The molecule has 0 bridgehead atoms. The molecule has 0 aromatic heterocycles. The number of unbranched alkanes of at least 4 members (excludes halogenated alkanes) is 2. The van der Waals surface area contributed by atoms with Crippen LogP contribution in [0, 0.1) is 0 Å². The Bertz CT molecular complexity index is 1300. The predicted octanol–water partition coefficient (Wildman–Crippen LogP) is 5.22. The van der Waals surface area contributed by atoms with Crippen LogP contribution in [0.2, 0.25) is 0 Å². The van der Waals surface area contributed by atoms with E-state index in [0.29, 0.717) is 13.0 Å². The summed E-state index contributed by atoms with van der Waals surface area (Å²) in [4.78, 5) is 62.2. The van der Waals surface area contributed by atoms with Crippen molar-refractivity contribution in [2.24, 2.45) is 0 Å². The van der Waals surface area contributed by atoms with Crippen LogP contribution >= 0.6 is 20.8 Å². The number of carboxylic acid groups (broad SMARTS) is 2. The monoisotopic (exact) mass is 731 g/mol. The SMILES string of the molecule is CCCCCNC(=O)[C@H](Cc1ccc(OI(F)C(=O)O)c(C(=O)O)c1)NC(=O)[C@H](Cc1ccccc1)NC(=O)OC(C)(C)C. The standard InChI is InChI=1S/C30H39FIN3O9/c1-5-6-10-15-33-25(36)22(18-20-13-14-24(21(16-20)27(38)39)44-32(31)28(40)41)34-26(37)23(17-19-11-8-7-9-12-19)35-29(42)43-30(2,3)4/h7-9,11-14,16,22-23H,5-6,10,15,17-18H2,1-4H3,(H,33,36)(H,34,37)(H,35,42)(H,38,39)(H,40,41)/t22-,23-/m0/s1. The van der Waals surface area contributed by atoms with E-state index in [1.165, 1.54) is 6.07 Å². The van der Waals surface area contributed by atoms with Crippen LogP contribution in [-0.2, 0) is 27.2 Å². The summed E-state index contributed by atoms with van der Waals surface area (Å²) in [5.41, 5.74) is -0.308. The average molecular weight is 732 g/mol. The van der Waals surface area contributed by atoms with Crippen LogP contribution in [0.1, 0.15) is 68.4 Å². The minimum atomic E-state index is -4.44. The van der Waals surface area contributed by atoms with Gasteiger partial charge in [-0.2, -0.15) is 0 Å². The molecule has 0 heterocycles. The number of carboxylic acids is 1. The van der Waals surface area contributed by atoms with Crippen LogP contribution in [-0.4, -0.2) is 62.3 Å². The fraction of sp³-hybridized carbons (Fsp3) is 0.433. The van der Waals surface area contributed by atoms with Crippen LogP contribution in [0.3, 0.4) is 0 Å². The predicted molar refractivity (Wildman–Crippen MR) is 169 cm³/mol. The molecule has 0 saturated carbocycles. The van der Waals surface area contributed by atoms with Gasteiger partial charge in [-0.3, -0.25) is 0 Å².